The van der Waals surface area contributed by atoms with Crippen LogP contribution in [0.1, 0.15) is 27.0 Å². The lowest BCUT2D eigenvalue weighted by atomic mass is 9.97. The number of rotatable bonds is 9. The van der Waals surface area contributed by atoms with Gasteiger partial charge in [-0.25, -0.2) is 0 Å². The number of aromatic nitrogens is 1. The molecule has 0 bridgehead atoms. The molecule has 2 aliphatic rings. The van der Waals surface area contributed by atoms with Crippen LogP contribution in [-0.2, 0) is 28.2 Å². The maximum atomic E-state index is 14.0. The van der Waals surface area contributed by atoms with Crippen LogP contribution in [0.25, 0.3) is 11.1 Å². The van der Waals surface area contributed by atoms with E-state index in [9.17, 15) is 31.1 Å². The Morgan fingerprint density at radius 1 is 0.848 bits per heavy atom. The fourth-order valence-electron chi connectivity index (χ4n) is 6.01. The largest absolute Gasteiger partial charge is 0.416 e. The summed E-state index contributed by atoms with van der Waals surface area (Å²) in [6, 6.07) is 10.8. The zero-order valence-corrected chi connectivity index (χ0v) is 25.4. The normalized spacial score (nSPS) is 20.2. The van der Waals surface area contributed by atoms with Crippen LogP contribution >= 0.6 is 0 Å². The van der Waals surface area contributed by atoms with E-state index in [0.29, 0.717) is 44.0 Å². The summed E-state index contributed by atoms with van der Waals surface area (Å²) in [6.45, 7) is 5.15. The van der Waals surface area contributed by atoms with Gasteiger partial charge in [0.2, 0.25) is 0 Å². The number of hydrogen-bond donors (Lipinski definition) is 0. The fourth-order valence-corrected chi connectivity index (χ4v) is 6.01. The molecule has 3 aromatic rings. The summed E-state index contributed by atoms with van der Waals surface area (Å²) < 4.78 is 92.4. The van der Waals surface area contributed by atoms with Gasteiger partial charge in [-0.15, -0.1) is 0 Å². The third-order valence-corrected chi connectivity index (χ3v) is 8.41. The predicted octanol–water partition coefficient (Wildman–Crippen LogP) is 5.50. The van der Waals surface area contributed by atoms with Crippen molar-refractivity contribution in [2.75, 3.05) is 66.1 Å². The number of halogens is 6. The van der Waals surface area contributed by atoms with Gasteiger partial charge in [0, 0.05) is 76.9 Å². The van der Waals surface area contributed by atoms with Crippen molar-refractivity contribution in [1.29, 1.82) is 0 Å². The molecule has 0 aliphatic carbocycles. The number of alkyl halides is 6. The highest BCUT2D eigenvalue weighted by molar-refractivity contribution is 5.96. The third-order valence-electron chi connectivity index (χ3n) is 8.41. The Labute approximate surface area is 263 Å². The maximum Gasteiger partial charge on any atom is 0.416 e. The standard InChI is InChI=1S/C33H36F6N4O3/c1-45-22-30-21-42(14-15-46-30)11-10-41-12-13-43(29(20-41)16-23-2-4-27(5-3-23)32(34,35)36)31(44)26-17-25(24-6-8-40-9-7-24)18-28(19-26)33(37,38)39/h2-9,17-19,29-30H,10-16,20-22H2,1H3/t29-,30+/m1/s1. The molecule has 2 saturated heterocycles. The minimum absolute atomic E-state index is 0.0230. The molecule has 5 rings (SSSR count). The fraction of sp³-hybridized carbons (Fsp3) is 0.455. The number of benzene rings is 2. The number of piperazine rings is 1. The maximum absolute atomic E-state index is 14.0. The number of carbonyl (C=O) groups excluding carboxylic acids is 1. The van der Waals surface area contributed by atoms with Crippen molar-refractivity contribution in [3.8, 4) is 11.1 Å². The van der Waals surface area contributed by atoms with Crippen LogP contribution < -0.4 is 0 Å². The summed E-state index contributed by atoms with van der Waals surface area (Å²) in [5.74, 6) is -0.562. The zero-order valence-electron chi connectivity index (χ0n) is 25.4. The Hall–Kier alpha value is -3.52. The summed E-state index contributed by atoms with van der Waals surface area (Å²) in [7, 11) is 1.62. The minimum Gasteiger partial charge on any atom is -0.382 e. The van der Waals surface area contributed by atoms with E-state index in [4.69, 9.17) is 9.47 Å². The molecule has 0 N–H and O–H groups in total. The van der Waals surface area contributed by atoms with Crippen LogP contribution in [0.2, 0.25) is 0 Å². The SMILES string of the molecule is COC[C@@H]1CN(CCN2CCN(C(=O)c3cc(-c4ccncc4)cc(C(F)(F)F)c3)[C@H](Cc3ccc(C(F)(F)F)cc3)C2)CCO1. The van der Waals surface area contributed by atoms with Crippen molar-refractivity contribution in [1.82, 2.24) is 19.7 Å². The lowest BCUT2D eigenvalue weighted by Crippen LogP contribution is -2.57. The molecular weight excluding hydrogens is 614 g/mol. The highest BCUT2D eigenvalue weighted by atomic mass is 19.4. The Kier molecular flexibility index (Phi) is 10.7. The number of amides is 1. The lowest BCUT2D eigenvalue weighted by Gasteiger charge is -2.43. The summed E-state index contributed by atoms with van der Waals surface area (Å²) in [6.07, 6.45) is -6.02. The average molecular weight is 651 g/mol. The molecule has 0 unspecified atom stereocenters. The number of morpholine rings is 1. The number of ether oxygens (including phenoxy) is 2. The number of hydrogen-bond acceptors (Lipinski definition) is 6. The molecular formula is C33H36F6N4O3. The first-order chi connectivity index (χ1) is 21.9. The molecule has 0 spiro atoms. The first-order valence-electron chi connectivity index (χ1n) is 15.1. The molecule has 248 valence electrons. The van der Waals surface area contributed by atoms with E-state index in [1.807, 2.05) is 0 Å². The van der Waals surface area contributed by atoms with E-state index >= 15 is 0 Å². The summed E-state index contributed by atoms with van der Waals surface area (Å²) in [4.78, 5) is 24.0. The first-order valence-corrected chi connectivity index (χ1v) is 15.1. The minimum atomic E-state index is -4.68. The van der Waals surface area contributed by atoms with Gasteiger partial charge in [-0.1, -0.05) is 12.1 Å². The molecule has 1 aromatic heterocycles. The van der Waals surface area contributed by atoms with Gasteiger partial charge in [-0.2, -0.15) is 26.3 Å². The van der Waals surface area contributed by atoms with Crippen molar-refractivity contribution in [3.05, 3.63) is 89.2 Å². The van der Waals surface area contributed by atoms with E-state index < -0.39 is 35.4 Å². The Morgan fingerprint density at radius 2 is 1.52 bits per heavy atom. The summed E-state index contributed by atoms with van der Waals surface area (Å²) in [5, 5.41) is 0. The molecule has 2 fully saturated rings. The second-order valence-electron chi connectivity index (χ2n) is 11.6. The monoisotopic (exact) mass is 650 g/mol. The van der Waals surface area contributed by atoms with Crippen molar-refractivity contribution in [3.63, 3.8) is 0 Å². The van der Waals surface area contributed by atoms with Crippen LogP contribution in [0.15, 0.2) is 67.0 Å². The second-order valence-corrected chi connectivity index (χ2v) is 11.6. The van der Waals surface area contributed by atoms with Crippen molar-refractivity contribution >= 4 is 5.91 Å². The van der Waals surface area contributed by atoms with Crippen LogP contribution in [0.5, 0.6) is 0 Å². The van der Waals surface area contributed by atoms with E-state index in [1.54, 1.807) is 24.1 Å². The number of carbonyl (C=O) groups is 1. The van der Waals surface area contributed by atoms with Gasteiger partial charge in [0.25, 0.3) is 5.91 Å². The van der Waals surface area contributed by atoms with Gasteiger partial charge in [-0.3, -0.25) is 19.6 Å². The quantitative estimate of drug-likeness (QED) is 0.285. The Balaban J connectivity index is 1.38. The zero-order chi connectivity index (χ0) is 32.9. The third kappa shape index (κ3) is 8.64. The summed E-state index contributed by atoms with van der Waals surface area (Å²) in [5.41, 5.74) is -0.521. The average Bonchev–Trinajstić information content (AvgIpc) is 3.03. The topological polar surface area (TPSA) is 58.1 Å². The van der Waals surface area contributed by atoms with Gasteiger partial charge in [0.1, 0.15) is 0 Å². The molecule has 46 heavy (non-hydrogen) atoms. The van der Waals surface area contributed by atoms with E-state index in [2.05, 4.69) is 14.8 Å². The highest BCUT2D eigenvalue weighted by Gasteiger charge is 2.36. The van der Waals surface area contributed by atoms with E-state index in [-0.39, 0.29) is 30.2 Å². The number of nitrogens with zero attached hydrogens (tertiary/aromatic N) is 4. The number of methoxy groups -OCH3 is 1. The predicted molar refractivity (Wildman–Crippen MR) is 159 cm³/mol. The second kappa shape index (κ2) is 14.5. The molecule has 0 radical (unpaired) electrons. The molecule has 1 amide bonds. The van der Waals surface area contributed by atoms with Crippen LogP contribution in [0.4, 0.5) is 26.3 Å². The van der Waals surface area contributed by atoms with Gasteiger partial charge >= 0.3 is 12.4 Å². The smallest absolute Gasteiger partial charge is 0.382 e. The molecule has 2 atom stereocenters. The Bertz CT molecular complexity index is 1450. The van der Waals surface area contributed by atoms with Gasteiger partial charge in [0.05, 0.1) is 30.4 Å². The van der Waals surface area contributed by atoms with Crippen molar-refractivity contribution < 1.29 is 40.6 Å². The van der Waals surface area contributed by atoms with Crippen LogP contribution in [-0.4, -0.2) is 104 Å². The van der Waals surface area contributed by atoms with Gasteiger partial charge in [0.15, 0.2) is 0 Å². The van der Waals surface area contributed by atoms with Crippen LogP contribution in [0.3, 0.4) is 0 Å². The lowest BCUT2D eigenvalue weighted by molar-refractivity contribution is -0.138. The first kappa shape index (κ1) is 33.8. The van der Waals surface area contributed by atoms with Gasteiger partial charge < -0.3 is 14.4 Å². The van der Waals surface area contributed by atoms with Gasteiger partial charge in [-0.05, 0) is 65.6 Å². The number of pyridine rings is 1. The molecule has 7 nitrogen and oxygen atoms in total. The summed E-state index contributed by atoms with van der Waals surface area (Å²) >= 11 is 0. The molecule has 0 saturated carbocycles. The molecule has 2 aliphatic heterocycles. The molecule has 13 heteroatoms. The molecule has 3 heterocycles. The molecule has 2 aromatic carbocycles. The van der Waals surface area contributed by atoms with E-state index in [1.165, 1.54) is 30.6 Å². The van der Waals surface area contributed by atoms with E-state index in [0.717, 1.165) is 43.9 Å². The van der Waals surface area contributed by atoms with Crippen molar-refractivity contribution in [2.45, 2.75) is 30.9 Å². The Morgan fingerprint density at radius 3 is 2.17 bits per heavy atom. The highest BCUT2D eigenvalue weighted by Crippen LogP contribution is 2.34. The van der Waals surface area contributed by atoms with Crippen molar-refractivity contribution in [2.24, 2.45) is 0 Å². The van der Waals surface area contributed by atoms with Crippen LogP contribution in [0, 0.1) is 0 Å².